The fourth-order valence-corrected chi connectivity index (χ4v) is 1.34. The highest BCUT2D eigenvalue weighted by Crippen LogP contribution is 2.13. The third kappa shape index (κ3) is 4.12. The second-order valence-electron chi connectivity index (χ2n) is 3.54. The maximum Gasteiger partial charge on any atom is 0.322 e. The van der Waals surface area contributed by atoms with E-state index in [9.17, 15) is 4.79 Å². The first-order valence-corrected chi connectivity index (χ1v) is 5.05. The molecule has 92 valence electrons. The number of carbonyl (C=O) groups is 1. The lowest BCUT2D eigenvalue weighted by molar-refractivity contribution is -0.142. The van der Waals surface area contributed by atoms with E-state index in [1.54, 1.807) is 12.1 Å². The molecule has 6 N–H and O–H groups in total. The molecular formula is C11H16N4O2. The van der Waals surface area contributed by atoms with E-state index in [1.165, 1.54) is 7.11 Å². The molecule has 0 bridgehead atoms. The van der Waals surface area contributed by atoms with Gasteiger partial charge < -0.3 is 21.9 Å². The number of aliphatic imine (C=N–C) groups is 1. The SMILES string of the molecule is COC(=O)[C@@H](N)Cc1ccc(N=C(N)N)cc1. The van der Waals surface area contributed by atoms with Gasteiger partial charge in [-0.15, -0.1) is 0 Å². The fourth-order valence-electron chi connectivity index (χ4n) is 1.34. The largest absolute Gasteiger partial charge is 0.468 e. The minimum Gasteiger partial charge on any atom is -0.468 e. The second kappa shape index (κ2) is 5.86. The highest BCUT2D eigenvalue weighted by Gasteiger charge is 2.13. The molecule has 0 fully saturated rings. The van der Waals surface area contributed by atoms with Crippen LogP contribution in [0.25, 0.3) is 0 Å². The van der Waals surface area contributed by atoms with Gasteiger partial charge in [0.05, 0.1) is 12.8 Å². The van der Waals surface area contributed by atoms with Crippen LogP contribution in [0, 0.1) is 0 Å². The average molecular weight is 236 g/mol. The zero-order valence-electron chi connectivity index (χ0n) is 9.59. The van der Waals surface area contributed by atoms with Crippen LogP contribution in [0.2, 0.25) is 0 Å². The molecule has 1 rings (SSSR count). The van der Waals surface area contributed by atoms with Crippen LogP contribution in [0.4, 0.5) is 5.69 Å². The molecule has 0 radical (unpaired) electrons. The van der Waals surface area contributed by atoms with E-state index in [-0.39, 0.29) is 5.96 Å². The lowest BCUT2D eigenvalue weighted by Gasteiger charge is -2.09. The van der Waals surface area contributed by atoms with E-state index in [0.717, 1.165) is 5.56 Å². The summed E-state index contributed by atoms with van der Waals surface area (Å²) >= 11 is 0. The lowest BCUT2D eigenvalue weighted by atomic mass is 10.1. The Morgan fingerprint density at radius 1 is 1.35 bits per heavy atom. The number of nitrogens with zero attached hydrogens (tertiary/aromatic N) is 1. The maximum atomic E-state index is 11.1. The number of hydrogen-bond donors (Lipinski definition) is 3. The molecule has 0 aliphatic heterocycles. The first-order chi connectivity index (χ1) is 8.02. The molecule has 17 heavy (non-hydrogen) atoms. The van der Waals surface area contributed by atoms with Gasteiger partial charge in [-0.1, -0.05) is 12.1 Å². The Hall–Kier alpha value is -2.08. The Kier molecular flexibility index (Phi) is 4.47. The highest BCUT2D eigenvalue weighted by atomic mass is 16.5. The second-order valence-corrected chi connectivity index (χ2v) is 3.54. The van der Waals surface area contributed by atoms with E-state index in [2.05, 4.69) is 9.73 Å². The quantitative estimate of drug-likeness (QED) is 0.375. The van der Waals surface area contributed by atoms with Gasteiger partial charge in [0.15, 0.2) is 5.96 Å². The van der Waals surface area contributed by atoms with Gasteiger partial charge in [0.25, 0.3) is 0 Å². The van der Waals surface area contributed by atoms with E-state index in [1.807, 2.05) is 12.1 Å². The first-order valence-electron chi connectivity index (χ1n) is 5.05. The minimum atomic E-state index is -0.658. The number of esters is 1. The van der Waals surface area contributed by atoms with Gasteiger partial charge in [-0.05, 0) is 24.1 Å². The van der Waals surface area contributed by atoms with Crippen molar-refractivity contribution in [2.24, 2.45) is 22.2 Å². The number of carbonyl (C=O) groups excluding carboxylic acids is 1. The van der Waals surface area contributed by atoms with Gasteiger partial charge in [-0.2, -0.15) is 0 Å². The standard InChI is InChI=1S/C11H16N4O2/c1-17-10(16)9(12)6-7-2-4-8(5-3-7)15-11(13)14/h2-5,9H,6,12H2,1H3,(H4,13,14,15)/t9-/m0/s1. The van der Waals surface area contributed by atoms with Gasteiger partial charge in [0.1, 0.15) is 6.04 Å². The Balaban J connectivity index is 2.69. The fraction of sp³-hybridized carbons (Fsp3) is 0.273. The van der Waals surface area contributed by atoms with Crippen LogP contribution < -0.4 is 17.2 Å². The summed E-state index contributed by atoms with van der Waals surface area (Å²) in [4.78, 5) is 15.0. The molecule has 0 amide bonds. The van der Waals surface area contributed by atoms with E-state index >= 15 is 0 Å². The number of hydrogen-bond acceptors (Lipinski definition) is 4. The normalized spacial score (nSPS) is 11.6. The summed E-state index contributed by atoms with van der Waals surface area (Å²) in [6.07, 6.45) is 0.411. The predicted molar refractivity (Wildman–Crippen MR) is 65.6 cm³/mol. The first kappa shape index (κ1) is 13.0. The number of ether oxygens (including phenoxy) is 1. The van der Waals surface area contributed by atoms with E-state index in [0.29, 0.717) is 12.1 Å². The average Bonchev–Trinajstić information content (AvgIpc) is 2.30. The molecule has 1 aromatic carbocycles. The molecule has 1 aromatic rings. The van der Waals surface area contributed by atoms with E-state index < -0.39 is 12.0 Å². The lowest BCUT2D eigenvalue weighted by Crippen LogP contribution is -2.33. The van der Waals surface area contributed by atoms with Crippen LogP contribution in [-0.4, -0.2) is 25.1 Å². The van der Waals surface area contributed by atoms with Crippen LogP contribution in [-0.2, 0) is 16.0 Å². The molecule has 0 spiro atoms. The summed E-state index contributed by atoms with van der Waals surface area (Å²) in [7, 11) is 1.31. The van der Waals surface area contributed by atoms with Crippen molar-refractivity contribution in [1.82, 2.24) is 0 Å². The molecule has 0 aliphatic carbocycles. The number of benzene rings is 1. The van der Waals surface area contributed by atoms with Crippen LogP contribution in [0.5, 0.6) is 0 Å². The van der Waals surface area contributed by atoms with Crippen LogP contribution >= 0.6 is 0 Å². The topological polar surface area (TPSA) is 117 Å². The molecule has 0 heterocycles. The minimum absolute atomic E-state index is 0.00371. The van der Waals surface area contributed by atoms with Crippen molar-refractivity contribution in [3.05, 3.63) is 29.8 Å². The van der Waals surface area contributed by atoms with Gasteiger partial charge in [0.2, 0.25) is 0 Å². The Labute approximate surface area is 99.4 Å². The Morgan fingerprint density at radius 2 is 1.94 bits per heavy atom. The maximum absolute atomic E-state index is 11.1. The zero-order valence-corrected chi connectivity index (χ0v) is 9.59. The van der Waals surface area contributed by atoms with Crippen molar-refractivity contribution in [2.45, 2.75) is 12.5 Å². The van der Waals surface area contributed by atoms with Crippen molar-refractivity contribution < 1.29 is 9.53 Å². The predicted octanol–water partition coefficient (Wildman–Crippen LogP) is -0.366. The van der Waals surface area contributed by atoms with Gasteiger partial charge in [0, 0.05) is 0 Å². The third-order valence-electron chi connectivity index (χ3n) is 2.15. The summed E-state index contributed by atoms with van der Waals surface area (Å²) in [5.41, 5.74) is 17.7. The molecule has 0 saturated heterocycles. The number of methoxy groups -OCH3 is 1. The Bertz CT molecular complexity index is 410. The number of rotatable bonds is 4. The molecule has 0 saturated carbocycles. The van der Waals surface area contributed by atoms with Crippen molar-refractivity contribution in [3.63, 3.8) is 0 Å². The highest BCUT2D eigenvalue weighted by molar-refractivity contribution is 5.79. The van der Waals surface area contributed by atoms with Gasteiger partial charge in [-0.25, -0.2) is 4.99 Å². The van der Waals surface area contributed by atoms with Crippen LogP contribution in [0.15, 0.2) is 29.3 Å². The zero-order chi connectivity index (χ0) is 12.8. The Morgan fingerprint density at radius 3 is 2.41 bits per heavy atom. The smallest absolute Gasteiger partial charge is 0.322 e. The van der Waals surface area contributed by atoms with Crippen molar-refractivity contribution >= 4 is 17.6 Å². The molecule has 6 nitrogen and oxygen atoms in total. The molecule has 0 aliphatic rings. The summed E-state index contributed by atoms with van der Waals surface area (Å²) in [5.74, 6) is -0.428. The molecule has 1 atom stereocenters. The monoisotopic (exact) mass is 236 g/mol. The van der Waals surface area contributed by atoms with Crippen molar-refractivity contribution in [2.75, 3.05) is 7.11 Å². The summed E-state index contributed by atoms with van der Waals surface area (Å²) < 4.78 is 4.54. The van der Waals surface area contributed by atoms with Gasteiger partial charge in [-0.3, -0.25) is 4.79 Å². The summed E-state index contributed by atoms with van der Waals surface area (Å²) in [6, 6.07) is 6.46. The van der Waals surface area contributed by atoms with Gasteiger partial charge >= 0.3 is 5.97 Å². The van der Waals surface area contributed by atoms with Crippen LogP contribution in [0.1, 0.15) is 5.56 Å². The molecular weight excluding hydrogens is 220 g/mol. The summed E-state index contributed by atoms with van der Waals surface area (Å²) in [5, 5.41) is 0. The number of nitrogens with two attached hydrogens (primary N) is 3. The summed E-state index contributed by atoms with van der Waals surface area (Å²) in [6.45, 7) is 0. The van der Waals surface area contributed by atoms with Crippen LogP contribution in [0.3, 0.4) is 0 Å². The molecule has 0 unspecified atom stereocenters. The van der Waals surface area contributed by atoms with Crippen molar-refractivity contribution in [3.8, 4) is 0 Å². The number of guanidine groups is 1. The van der Waals surface area contributed by atoms with Crippen molar-refractivity contribution in [1.29, 1.82) is 0 Å². The molecule has 6 heteroatoms. The third-order valence-corrected chi connectivity index (χ3v) is 2.15. The molecule has 0 aromatic heterocycles. The van der Waals surface area contributed by atoms with E-state index in [4.69, 9.17) is 17.2 Å².